The fourth-order valence-corrected chi connectivity index (χ4v) is 3.04. The summed E-state index contributed by atoms with van der Waals surface area (Å²) in [5.74, 6) is -0.0609. The lowest BCUT2D eigenvalue weighted by Gasteiger charge is -2.36. The number of aromatic nitrogens is 1. The first-order valence-corrected chi connectivity index (χ1v) is 8.65. The molecule has 0 radical (unpaired) electrons. The topological polar surface area (TPSA) is 51.7 Å². The Morgan fingerprint density at radius 1 is 1.16 bits per heavy atom. The molecule has 5 heteroatoms. The molecule has 1 amide bonds. The first-order chi connectivity index (χ1) is 12.2. The molecular weight excluding hydrogens is 316 g/mol. The highest BCUT2D eigenvalue weighted by Gasteiger charge is 2.35. The third-order valence-electron chi connectivity index (χ3n) is 4.49. The van der Waals surface area contributed by atoms with Gasteiger partial charge in [-0.15, -0.1) is 0 Å². The van der Waals surface area contributed by atoms with E-state index in [0.29, 0.717) is 19.8 Å². The molecule has 132 valence electrons. The van der Waals surface area contributed by atoms with Gasteiger partial charge in [-0.25, -0.2) is 0 Å². The molecule has 1 aliphatic heterocycles. The zero-order valence-corrected chi connectivity index (χ0v) is 14.7. The summed E-state index contributed by atoms with van der Waals surface area (Å²) < 4.78 is 11.3. The lowest BCUT2D eigenvalue weighted by atomic mass is 10.1. The predicted molar refractivity (Wildman–Crippen MR) is 94.8 cm³/mol. The summed E-state index contributed by atoms with van der Waals surface area (Å²) in [5, 5.41) is 0. The van der Waals surface area contributed by atoms with E-state index in [1.54, 1.807) is 6.20 Å². The standard InChI is InChI=1S/C20H24N2O3/c1-15(18-10-6-7-11-21-18)22(14-17-8-4-3-5-9-17)20(23)19-16(2)24-12-13-25-19/h3-11,15-16,19H,12-14H2,1-2H3/t15?,16-,19-/m1/s1. The Labute approximate surface area is 148 Å². The maximum atomic E-state index is 13.2. The van der Waals surface area contributed by atoms with Crippen LogP contribution in [-0.2, 0) is 20.8 Å². The fourth-order valence-electron chi connectivity index (χ4n) is 3.04. The van der Waals surface area contributed by atoms with Crippen molar-refractivity contribution >= 4 is 5.91 Å². The SMILES string of the molecule is CC(c1ccccn1)N(Cc1ccccc1)C(=O)[C@@H]1OCCO[C@@H]1C. The quantitative estimate of drug-likeness (QED) is 0.840. The normalized spacial score (nSPS) is 21.5. The van der Waals surface area contributed by atoms with Crippen LogP contribution in [0.3, 0.4) is 0 Å². The third-order valence-corrected chi connectivity index (χ3v) is 4.49. The van der Waals surface area contributed by atoms with Gasteiger partial charge in [0.1, 0.15) is 0 Å². The Hall–Kier alpha value is -2.24. The van der Waals surface area contributed by atoms with E-state index in [4.69, 9.17) is 9.47 Å². The summed E-state index contributed by atoms with van der Waals surface area (Å²) in [6.07, 6.45) is 0.916. The van der Waals surface area contributed by atoms with Crippen molar-refractivity contribution in [3.63, 3.8) is 0 Å². The average molecular weight is 340 g/mol. The fraction of sp³-hybridized carbons (Fsp3) is 0.400. The van der Waals surface area contributed by atoms with Crippen LogP contribution in [0.1, 0.15) is 31.1 Å². The molecule has 1 saturated heterocycles. The molecule has 5 nitrogen and oxygen atoms in total. The minimum Gasteiger partial charge on any atom is -0.373 e. The maximum Gasteiger partial charge on any atom is 0.255 e. The molecule has 1 fully saturated rings. The molecule has 0 spiro atoms. The van der Waals surface area contributed by atoms with Crippen LogP contribution in [0.25, 0.3) is 0 Å². The number of benzene rings is 1. The highest BCUT2D eigenvalue weighted by atomic mass is 16.6. The van der Waals surface area contributed by atoms with Crippen molar-refractivity contribution in [1.29, 1.82) is 0 Å². The molecular formula is C20H24N2O3. The molecule has 1 aromatic heterocycles. The third kappa shape index (κ3) is 4.24. The maximum absolute atomic E-state index is 13.2. The second kappa shape index (κ2) is 8.23. The largest absolute Gasteiger partial charge is 0.373 e. The molecule has 0 saturated carbocycles. The first kappa shape index (κ1) is 17.6. The molecule has 1 unspecified atom stereocenters. The van der Waals surface area contributed by atoms with Crippen LogP contribution in [0.5, 0.6) is 0 Å². The Morgan fingerprint density at radius 3 is 2.56 bits per heavy atom. The van der Waals surface area contributed by atoms with E-state index in [2.05, 4.69) is 4.98 Å². The number of hydrogen-bond donors (Lipinski definition) is 0. The van der Waals surface area contributed by atoms with Gasteiger partial charge in [0.05, 0.1) is 31.1 Å². The van der Waals surface area contributed by atoms with E-state index >= 15 is 0 Å². The van der Waals surface area contributed by atoms with Gasteiger partial charge < -0.3 is 14.4 Å². The van der Waals surface area contributed by atoms with Crippen LogP contribution in [0.4, 0.5) is 0 Å². The van der Waals surface area contributed by atoms with Crippen LogP contribution < -0.4 is 0 Å². The molecule has 0 aliphatic carbocycles. The lowest BCUT2D eigenvalue weighted by Crippen LogP contribution is -2.49. The summed E-state index contributed by atoms with van der Waals surface area (Å²) in [6.45, 7) is 5.35. The second-order valence-electron chi connectivity index (χ2n) is 6.25. The van der Waals surface area contributed by atoms with E-state index in [1.165, 1.54) is 0 Å². The van der Waals surface area contributed by atoms with Crippen LogP contribution >= 0.6 is 0 Å². The minimum absolute atomic E-state index is 0.0609. The molecule has 0 N–H and O–H groups in total. The van der Waals surface area contributed by atoms with Gasteiger partial charge in [-0.2, -0.15) is 0 Å². The number of nitrogens with zero attached hydrogens (tertiary/aromatic N) is 2. The zero-order chi connectivity index (χ0) is 17.6. The molecule has 1 aromatic carbocycles. The van der Waals surface area contributed by atoms with Crippen molar-refractivity contribution < 1.29 is 14.3 Å². The molecule has 1 aliphatic rings. The Bertz CT molecular complexity index is 678. The smallest absolute Gasteiger partial charge is 0.255 e. The van der Waals surface area contributed by atoms with E-state index in [9.17, 15) is 4.79 Å². The molecule has 3 rings (SSSR count). The van der Waals surface area contributed by atoms with E-state index < -0.39 is 6.10 Å². The lowest BCUT2D eigenvalue weighted by molar-refractivity contribution is -0.173. The van der Waals surface area contributed by atoms with E-state index in [-0.39, 0.29) is 18.1 Å². The van der Waals surface area contributed by atoms with Crippen molar-refractivity contribution in [3.8, 4) is 0 Å². The summed E-state index contributed by atoms with van der Waals surface area (Å²) >= 11 is 0. The van der Waals surface area contributed by atoms with Gasteiger partial charge >= 0.3 is 0 Å². The van der Waals surface area contributed by atoms with E-state index in [0.717, 1.165) is 11.3 Å². The highest BCUT2D eigenvalue weighted by Crippen LogP contribution is 2.24. The van der Waals surface area contributed by atoms with Gasteiger partial charge in [-0.3, -0.25) is 9.78 Å². The van der Waals surface area contributed by atoms with Gasteiger partial charge in [0.25, 0.3) is 5.91 Å². The summed E-state index contributed by atoms with van der Waals surface area (Å²) in [7, 11) is 0. The van der Waals surface area contributed by atoms with Gasteiger partial charge in [-0.05, 0) is 31.5 Å². The molecule has 0 bridgehead atoms. The molecule has 3 atom stereocenters. The zero-order valence-electron chi connectivity index (χ0n) is 14.7. The van der Waals surface area contributed by atoms with Crippen molar-refractivity contribution in [2.45, 2.75) is 38.6 Å². The average Bonchev–Trinajstić information content (AvgIpc) is 2.67. The van der Waals surface area contributed by atoms with Gasteiger partial charge in [-0.1, -0.05) is 36.4 Å². The van der Waals surface area contributed by atoms with Crippen molar-refractivity contribution in [1.82, 2.24) is 9.88 Å². The number of rotatable bonds is 5. The number of ether oxygens (including phenoxy) is 2. The number of carbonyl (C=O) groups excluding carboxylic acids is 1. The molecule has 25 heavy (non-hydrogen) atoms. The molecule has 2 heterocycles. The van der Waals surface area contributed by atoms with Crippen LogP contribution in [-0.4, -0.2) is 41.2 Å². The first-order valence-electron chi connectivity index (χ1n) is 8.65. The van der Waals surface area contributed by atoms with Crippen LogP contribution in [0, 0.1) is 0 Å². The number of pyridine rings is 1. The van der Waals surface area contributed by atoms with Gasteiger partial charge in [0.15, 0.2) is 6.10 Å². The monoisotopic (exact) mass is 340 g/mol. The van der Waals surface area contributed by atoms with Crippen molar-refractivity contribution in [3.05, 3.63) is 66.0 Å². The number of amides is 1. The van der Waals surface area contributed by atoms with Gasteiger partial charge in [0, 0.05) is 12.7 Å². The van der Waals surface area contributed by atoms with E-state index in [1.807, 2.05) is 67.3 Å². The van der Waals surface area contributed by atoms with Gasteiger partial charge in [0.2, 0.25) is 0 Å². The van der Waals surface area contributed by atoms with Crippen LogP contribution in [0.2, 0.25) is 0 Å². The predicted octanol–water partition coefficient (Wildman–Crippen LogP) is 2.98. The summed E-state index contributed by atoms with van der Waals surface area (Å²) in [4.78, 5) is 19.5. The Balaban J connectivity index is 1.86. The number of carbonyl (C=O) groups is 1. The number of hydrogen-bond acceptors (Lipinski definition) is 4. The summed E-state index contributed by atoms with van der Waals surface area (Å²) in [6, 6.07) is 15.6. The van der Waals surface area contributed by atoms with Crippen LogP contribution in [0.15, 0.2) is 54.7 Å². The Morgan fingerprint density at radius 2 is 1.88 bits per heavy atom. The highest BCUT2D eigenvalue weighted by molar-refractivity contribution is 5.82. The summed E-state index contributed by atoms with van der Waals surface area (Å²) in [5.41, 5.74) is 1.93. The minimum atomic E-state index is -0.580. The molecule has 2 aromatic rings. The Kier molecular flexibility index (Phi) is 5.79. The van der Waals surface area contributed by atoms with Crippen molar-refractivity contribution in [2.24, 2.45) is 0 Å². The second-order valence-corrected chi connectivity index (χ2v) is 6.25. The van der Waals surface area contributed by atoms with Crippen molar-refractivity contribution in [2.75, 3.05) is 13.2 Å².